The summed E-state index contributed by atoms with van der Waals surface area (Å²) in [6, 6.07) is 10.8. The Morgan fingerprint density at radius 2 is 1.95 bits per heavy atom. The summed E-state index contributed by atoms with van der Waals surface area (Å²) in [7, 11) is 0. The van der Waals surface area contributed by atoms with Gasteiger partial charge in [0.1, 0.15) is 17.2 Å². The van der Waals surface area contributed by atoms with Crippen molar-refractivity contribution in [1.29, 1.82) is 0 Å². The van der Waals surface area contributed by atoms with Gasteiger partial charge in [0.25, 0.3) is 0 Å². The average Bonchev–Trinajstić information content (AvgIpc) is 3.25. The molecule has 6 nitrogen and oxygen atoms in total. The van der Waals surface area contributed by atoms with Crippen molar-refractivity contribution in [3.63, 3.8) is 0 Å². The Labute approximate surface area is 228 Å². The molecule has 2 aromatic heterocycles. The third kappa shape index (κ3) is 5.15. The van der Waals surface area contributed by atoms with Gasteiger partial charge in [0.15, 0.2) is 6.10 Å². The predicted molar refractivity (Wildman–Crippen MR) is 150 cm³/mol. The number of pyridine rings is 1. The zero-order chi connectivity index (χ0) is 28.1. The number of halogens is 1. The van der Waals surface area contributed by atoms with Crippen LogP contribution in [0.25, 0.3) is 22.2 Å². The Bertz CT molecular complexity index is 1580. The first-order valence-corrected chi connectivity index (χ1v) is 13.3. The van der Waals surface area contributed by atoms with Gasteiger partial charge in [-0.15, -0.1) is 0 Å². The molecular weight excluding hydrogens is 495 g/mol. The summed E-state index contributed by atoms with van der Waals surface area (Å²) in [4.78, 5) is 17.6. The number of aliphatic carboxylic acids is 1. The molecule has 7 heteroatoms. The van der Waals surface area contributed by atoms with Crippen molar-refractivity contribution in [1.82, 2.24) is 9.55 Å². The lowest BCUT2D eigenvalue weighted by atomic mass is 9.87. The first-order chi connectivity index (χ1) is 18.4. The number of hydrogen-bond acceptors (Lipinski definition) is 4. The number of carboxylic acid groups (broad SMARTS) is 1. The number of nitrogens with zero attached hydrogens (tertiary/aromatic N) is 2. The van der Waals surface area contributed by atoms with E-state index in [0.717, 1.165) is 63.0 Å². The summed E-state index contributed by atoms with van der Waals surface area (Å²) in [6.07, 6.45) is 2.60. The number of aromatic nitrogens is 2. The van der Waals surface area contributed by atoms with E-state index in [-0.39, 0.29) is 5.82 Å². The molecular formula is C32H35FN2O4. The van der Waals surface area contributed by atoms with Crippen molar-refractivity contribution in [2.45, 2.75) is 72.6 Å². The van der Waals surface area contributed by atoms with Gasteiger partial charge in [0.2, 0.25) is 0 Å². The van der Waals surface area contributed by atoms with Crippen molar-refractivity contribution >= 4 is 17.0 Å². The highest BCUT2D eigenvalue weighted by atomic mass is 19.1. The molecule has 5 rings (SSSR count). The van der Waals surface area contributed by atoms with Crippen LogP contribution in [0, 0.1) is 26.6 Å². The molecule has 0 fully saturated rings. The highest BCUT2D eigenvalue weighted by Crippen LogP contribution is 2.43. The number of benzene rings is 2. The maximum absolute atomic E-state index is 13.7. The molecule has 4 aromatic rings. The maximum atomic E-state index is 13.7. The molecule has 0 aliphatic carbocycles. The highest BCUT2D eigenvalue weighted by Gasteiger charge is 2.33. The molecule has 3 heterocycles. The molecule has 1 N–H and O–H groups in total. The molecule has 0 unspecified atom stereocenters. The smallest absolute Gasteiger partial charge is 0.337 e. The number of carboxylic acids is 1. The van der Waals surface area contributed by atoms with E-state index in [9.17, 15) is 14.3 Å². The molecule has 2 aromatic carbocycles. The molecule has 204 valence electrons. The zero-order valence-electron chi connectivity index (χ0n) is 23.4. The SMILES string of the molecule is Cc1cc(F)ccc1Cn1ccc2c(-c3ccc4c(c3C)CCCO4)c([C@H](OC(C)(C)C)C(=O)O)c(C)nc21. The van der Waals surface area contributed by atoms with E-state index < -0.39 is 17.7 Å². The van der Waals surface area contributed by atoms with Crippen molar-refractivity contribution in [3.05, 3.63) is 81.9 Å². The Kier molecular flexibility index (Phi) is 6.97. The number of hydrogen-bond donors (Lipinski definition) is 1. The Balaban J connectivity index is 1.78. The molecule has 0 saturated carbocycles. The summed E-state index contributed by atoms with van der Waals surface area (Å²) in [5.41, 5.74) is 7.04. The van der Waals surface area contributed by atoms with E-state index >= 15 is 0 Å². The second-order valence-corrected chi connectivity index (χ2v) is 11.4. The van der Waals surface area contributed by atoms with Gasteiger partial charge >= 0.3 is 5.97 Å². The summed E-state index contributed by atoms with van der Waals surface area (Å²) in [5.74, 6) is -0.438. The van der Waals surface area contributed by atoms with Crippen molar-refractivity contribution < 1.29 is 23.8 Å². The van der Waals surface area contributed by atoms with Crippen LogP contribution in [0.2, 0.25) is 0 Å². The molecule has 39 heavy (non-hydrogen) atoms. The Hall–Kier alpha value is -3.71. The summed E-state index contributed by atoms with van der Waals surface area (Å²) < 4.78 is 27.8. The number of fused-ring (bicyclic) bond motifs is 2. The molecule has 1 aliphatic heterocycles. The topological polar surface area (TPSA) is 73.6 Å². The third-order valence-electron chi connectivity index (χ3n) is 7.39. The minimum absolute atomic E-state index is 0.264. The highest BCUT2D eigenvalue weighted by molar-refractivity contribution is 5.99. The van der Waals surface area contributed by atoms with Crippen molar-refractivity contribution in [2.24, 2.45) is 0 Å². The van der Waals surface area contributed by atoms with E-state index in [2.05, 4.69) is 6.92 Å². The van der Waals surface area contributed by atoms with Crippen LogP contribution >= 0.6 is 0 Å². The van der Waals surface area contributed by atoms with Crippen molar-refractivity contribution in [2.75, 3.05) is 6.61 Å². The molecule has 0 spiro atoms. The van der Waals surface area contributed by atoms with E-state index in [1.54, 1.807) is 6.07 Å². The molecule has 0 saturated heterocycles. The van der Waals surface area contributed by atoms with Gasteiger partial charge in [-0.3, -0.25) is 0 Å². The fourth-order valence-electron chi connectivity index (χ4n) is 5.55. The largest absolute Gasteiger partial charge is 0.493 e. The third-order valence-corrected chi connectivity index (χ3v) is 7.39. The van der Waals surface area contributed by atoms with E-state index in [1.807, 2.05) is 63.6 Å². The minimum Gasteiger partial charge on any atom is -0.493 e. The lowest BCUT2D eigenvalue weighted by molar-refractivity contribution is -0.160. The Morgan fingerprint density at radius 1 is 1.18 bits per heavy atom. The minimum atomic E-state index is -1.20. The van der Waals surface area contributed by atoms with E-state index in [1.165, 1.54) is 12.1 Å². The van der Waals surface area contributed by atoms with Gasteiger partial charge in [0.05, 0.1) is 12.2 Å². The molecule has 1 aliphatic rings. The van der Waals surface area contributed by atoms with Crippen LogP contribution in [0.1, 0.15) is 66.8 Å². The normalized spacial score (nSPS) is 14.2. The molecule has 0 amide bonds. The molecule has 0 bridgehead atoms. The van der Waals surface area contributed by atoms with Crippen LogP contribution in [-0.4, -0.2) is 32.8 Å². The quantitative estimate of drug-likeness (QED) is 0.288. The molecule has 1 atom stereocenters. The average molecular weight is 531 g/mol. The number of carbonyl (C=O) groups is 1. The second-order valence-electron chi connectivity index (χ2n) is 11.4. The van der Waals surface area contributed by atoms with Crippen LogP contribution in [0.15, 0.2) is 42.6 Å². The first kappa shape index (κ1) is 26.9. The lowest BCUT2D eigenvalue weighted by Crippen LogP contribution is -2.28. The van der Waals surface area contributed by atoms with Crippen molar-refractivity contribution in [3.8, 4) is 16.9 Å². The van der Waals surface area contributed by atoms with Crippen LogP contribution < -0.4 is 4.74 Å². The Morgan fingerprint density at radius 3 is 2.64 bits per heavy atom. The standard InChI is InChI=1S/C32H35FN2O4/c1-18-16-22(33)10-9-21(18)17-35-14-13-25-28(24-11-12-26-23(19(24)2)8-7-15-38-26)27(20(3)34-30(25)35)29(31(36)37)39-32(4,5)6/h9-14,16,29H,7-8,15,17H2,1-6H3,(H,36,37)/t29-/m0/s1. The fraction of sp³-hybridized carbons (Fsp3) is 0.375. The monoisotopic (exact) mass is 530 g/mol. The molecule has 0 radical (unpaired) electrons. The second kappa shape index (κ2) is 10.1. The van der Waals surface area contributed by atoms with Gasteiger partial charge in [0, 0.05) is 34.9 Å². The summed E-state index contributed by atoms with van der Waals surface area (Å²) >= 11 is 0. The van der Waals surface area contributed by atoms with Gasteiger partial charge in [-0.25, -0.2) is 14.2 Å². The first-order valence-electron chi connectivity index (χ1n) is 13.3. The maximum Gasteiger partial charge on any atom is 0.337 e. The van der Waals surface area contributed by atoms with Gasteiger partial charge in [-0.1, -0.05) is 12.1 Å². The van der Waals surface area contributed by atoms with E-state index in [0.29, 0.717) is 24.4 Å². The number of rotatable bonds is 6. The predicted octanol–water partition coefficient (Wildman–Crippen LogP) is 7.08. The number of aryl methyl sites for hydroxylation is 2. The fourth-order valence-corrected chi connectivity index (χ4v) is 5.55. The summed E-state index contributed by atoms with van der Waals surface area (Å²) in [5, 5.41) is 11.2. The van der Waals surface area contributed by atoms with Gasteiger partial charge < -0.3 is 19.1 Å². The van der Waals surface area contributed by atoms with Crippen LogP contribution in [0.3, 0.4) is 0 Å². The van der Waals surface area contributed by atoms with Crippen LogP contribution in [-0.2, 0) is 22.5 Å². The van der Waals surface area contributed by atoms with Crippen LogP contribution in [0.4, 0.5) is 4.39 Å². The van der Waals surface area contributed by atoms with Gasteiger partial charge in [-0.2, -0.15) is 0 Å². The zero-order valence-corrected chi connectivity index (χ0v) is 23.4. The van der Waals surface area contributed by atoms with E-state index in [4.69, 9.17) is 14.5 Å². The van der Waals surface area contributed by atoms with Crippen LogP contribution in [0.5, 0.6) is 5.75 Å². The number of ether oxygens (including phenoxy) is 2. The van der Waals surface area contributed by atoms with Gasteiger partial charge in [-0.05, 0) is 106 Å². The lowest BCUT2D eigenvalue weighted by Gasteiger charge is -2.29. The summed E-state index contributed by atoms with van der Waals surface area (Å²) in [6.45, 7) is 12.6.